The number of pyridine rings is 1. The molecule has 1 amide bonds. The van der Waals surface area contributed by atoms with Crippen molar-refractivity contribution < 1.29 is 135 Å². The average molecular weight is 1290 g/mol. The van der Waals surface area contributed by atoms with Crippen molar-refractivity contribution in [2.45, 2.75) is 33.8 Å². The molecular formula is C59H83BF5N4O20. The zero-order chi connectivity index (χ0) is 78.1. The number of carbonyl (C=O) groups excluding carboxylic acids is 6. The second-order valence-electron chi connectivity index (χ2n) is 16.7. The SMILES string of the molecule is C.COC(=O)/C=C(\Nc1cccc(OC)c1F)C(=O)OC.COC(=O)C#CC(=O)OC.COC(=O)c1cc(=O)c2ccc(OC)c(F)c2[nH]1.COc1cccc(C(=O)O)c1F.COc1cccc(N)c1F.COc1cccc(NC(=O)OC(C)(C)C)c1F.[2HH].[2HH].[2HH].[2H][2H].[2H][2H].[2H][2H].[2H][2H].[2H][2H].[2H][2H].[B]. The van der Waals surface area contributed by atoms with Crippen molar-refractivity contribution in [2.75, 3.05) is 87.5 Å². The van der Waals surface area contributed by atoms with Gasteiger partial charge in [-0.3, -0.25) is 10.1 Å². The van der Waals surface area contributed by atoms with E-state index in [-0.39, 0.29) is 93.8 Å². The number of carboxylic acids is 1. The third kappa shape index (κ3) is 26.4. The van der Waals surface area contributed by atoms with E-state index in [1.807, 2.05) is 11.8 Å². The quantitative estimate of drug-likeness (QED) is 0.0111. The van der Waals surface area contributed by atoms with Gasteiger partial charge in [0, 0.05) is 53.8 Å². The Kier molecular flexibility index (Phi) is 31.2. The van der Waals surface area contributed by atoms with E-state index in [1.54, 1.807) is 32.9 Å². The summed E-state index contributed by atoms with van der Waals surface area (Å²) in [6.45, 7) is 5.19. The Labute approximate surface area is 532 Å². The molecule has 6 aromatic rings. The van der Waals surface area contributed by atoms with Gasteiger partial charge in [-0.05, 0) is 81.4 Å². The normalized spacial score (nSPS) is 10.2. The molecule has 6 rings (SSSR count). The molecule has 0 saturated carbocycles. The molecule has 0 saturated heterocycles. The molecule has 5 aromatic carbocycles. The van der Waals surface area contributed by atoms with Gasteiger partial charge in [-0.1, -0.05) is 31.7 Å². The van der Waals surface area contributed by atoms with Crippen LogP contribution in [0.4, 0.5) is 43.8 Å². The molecule has 0 aliphatic carbocycles. The Morgan fingerprint density at radius 1 is 0.584 bits per heavy atom. The number of rotatable bonds is 12. The van der Waals surface area contributed by atoms with Gasteiger partial charge in [0.05, 0.1) is 105 Å². The van der Waals surface area contributed by atoms with Crippen molar-refractivity contribution in [3.63, 3.8) is 0 Å². The van der Waals surface area contributed by atoms with Crippen LogP contribution in [0.5, 0.6) is 28.7 Å². The highest BCUT2D eigenvalue weighted by Gasteiger charge is 2.20. The van der Waals surface area contributed by atoms with Crippen molar-refractivity contribution >= 4 is 78.3 Å². The molecule has 0 aliphatic heterocycles. The highest BCUT2D eigenvalue weighted by Crippen LogP contribution is 2.27. The number of H-pyrrole nitrogens is 1. The number of anilines is 3. The lowest BCUT2D eigenvalue weighted by Gasteiger charge is -2.20. The molecule has 0 fully saturated rings. The topological polar surface area (TPSA) is 324 Å². The summed E-state index contributed by atoms with van der Waals surface area (Å²) in [5.41, 5.74) is 3.42. The number of fused-ring (bicyclic) bond motifs is 1. The van der Waals surface area contributed by atoms with Gasteiger partial charge in [0.1, 0.15) is 17.0 Å². The molecule has 0 bridgehead atoms. The Bertz CT molecular complexity index is 3570. The van der Waals surface area contributed by atoms with Gasteiger partial charge in [-0.2, -0.15) is 0 Å². The van der Waals surface area contributed by atoms with E-state index in [4.69, 9.17) is 47.6 Å². The van der Waals surface area contributed by atoms with Gasteiger partial charge in [0.15, 0.2) is 63.3 Å². The van der Waals surface area contributed by atoms with Gasteiger partial charge in [0.2, 0.25) is 0 Å². The van der Waals surface area contributed by atoms with Crippen LogP contribution in [0.15, 0.2) is 108 Å². The first-order valence-corrected chi connectivity index (χ1v) is 24.2. The number of carbonyl (C=O) groups is 7. The lowest BCUT2D eigenvalue weighted by molar-refractivity contribution is -0.138. The Morgan fingerprint density at radius 3 is 1.44 bits per heavy atom. The van der Waals surface area contributed by atoms with E-state index >= 15 is 0 Å². The largest absolute Gasteiger partial charge is 0.494 e. The third-order valence-electron chi connectivity index (χ3n) is 9.94. The summed E-state index contributed by atoms with van der Waals surface area (Å²) in [5.74, 6) is -4.59. The highest BCUT2D eigenvalue weighted by molar-refractivity contribution is 5.99. The van der Waals surface area contributed by atoms with Gasteiger partial charge >= 0.3 is 41.9 Å². The van der Waals surface area contributed by atoms with Crippen molar-refractivity contribution in [1.29, 1.82) is 0 Å². The summed E-state index contributed by atoms with van der Waals surface area (Å²) in [5, 5.41) is 13.4. The van der Waals surface area contributed by atoms with E-state index in [0.717, 1.165) is 26.4 Å². The smallest absolute Gasteiger partial charge is 0.412 e. The number of aromatic amines is 1. The lowest BCUT2D eigenvalue weighted by Crippen LogP contribution is -2.27. The number of aromatic carboxylic acids is 1. The number of hydrogen-bond acceptors (Lipinski definition) is 21. The second-order valence-corrected chi connectivity index (χ2v) is 16.7. The van der Waals surface area contributed by atoms with Crippen molar-refractivity contribution in [3.8, 4) is 40.6 Å². The van der Waals surface area contributed by atoms with Gasteiger partial charge in [-0.15, -0.1) is 0 Å². The Morgan fingerprint density at radius 2 is 1.02 bits per heavy atom. The molecule has 0 unspecified atom stereocenters. The second kappa shape index (κ2) is 40.4. The monoisotopic (exact) mass is 1290 g/mol. The van der Waals surface area contributed by atoms with E-state index in [1.165, 1.54) is 130 Å². The molecule has 0 atom stereocenters. The number of methoxy groups -OCH3 is 10. The average Bonchev–Trinajstić information content (AvgIpc) is 0.786. The molecule has 1 heterocycles. The van der Waals surface area contributed by atoms with E-state index in [0.29, 0.717) is 0 Å². The van der Waals surface area contributed by atoms with E-state index in [2.05, 4.69) is 48.8 Å². The minimum Gasteiger partial charge on any atom is -0.494 e. The number of halogens is 5. The lowest BCUT2D eigenvalue weighted by atomic mass is 10.1. The molecule has 0 spiro atoms. The standard InChI is InChI=1S/C13H14FNO5.C12H10FNO4.C12H16FNO3.C8H7FO3.C7H8FNO.C6H6O4.CH4.B.9H2/c1-18-10-6-4-5-8(12(10)14)15-9(13(17)20-3)7-11(16)19-2;1-17-9-4-3-6-8(15)5-7(12(16)18-2)14-11(6)10(9)13;1-12(2,3)17-11(15)14-8-6-5-7-9(16-4)10(8)13;1-12-6-4-2-3-5(7(6)9)8(10)11;1-10-6-4-2-3-5(9)7(6)8;1-9-5(7)3-4-6(8)10-2;;;;;;;;;;;/h4-7,15H,1-3H3;3-5H,1-2H3,(H,14,15);5-7H,1-4H3,(H,14,15);2-4H,1H3,(H,10,11);2-4H,9H2,1H3;1-2H3;1H4;;9*1H/b9-7-;;;;;;;;;;;;;;;;/i;;;;;;;;6*1+1D;3*1+1. The molecule has 30 heteroatoms. The van der Waals surface area contributed by atoms with Gasteiger partial charge < -0.3 is 73.2 Å². The number of benzene rings is 5. The number of esters is 5. The molecule has 0 aliphatic rings. The number of aromatic nitrogens is 1. The summed E-state index contributed by atoms with van der Waals surface area (Å²) >= 11 is 0. The van der Waals surface area contributed by atoms with Crippen LogP contribution >= 0.6 is 0 Å². The van der Waals surface area contributed by atoms with Gasteiger partial charge in [0.25, 0.3) is 0 Å². The fraction of sp³-hybridized carbons (Fsp3) is 0.254. The molecule has 89 heavy (non-hydrogen) atoms. The zero-order valence-corrected chi connectivity index (χ0v) is 49.5. The Hall–Kier alpha value is -11.0. The van der Waals surface area contributed by atoms with Crippen LogP contribution in [-0.2, 0) is 47.6 Å². The van der Waals surface area contributed by atoms with E-state index < -0.39 is 82.0 Å². The number of nitrogen functional groups attached to an aromatic ring is 1. The summed E-state index contributed by atoms with van der Waals surface area (Å²) in [7, 11) is 12.5. The van der Waals surface area contributed by atoms with Crippen molar-refractivity contribution in [1.82, 2.24) is 4.98 Å². The van der Waals surface area contributed by atoms with Crippen LogP contribution in [0.1, 0.15) is 71.1 Å². The van der Waals surface area contributed by atoms with Crippen LogP contribution < -0.4 is 45.5 Å². The number of ether oxygens (including phenoxy) is 11. The molecule has 6 N–H and O–H groups in total. The highest BCUT2D eigenvalue weighted by atomic mass is 19.1. The zero-order valence-electron chi connectivity index (χ0n) is 61.5. The summed E-state index contributed by atoms with van der Waals surface area (Å²) < 4.78 is 178. The van der Waals surface area contributed by atoms with Crippen LogP contribution in [0, 0.1) is 40.9 Å². The first-order valence-electron chi connectivity index (χ1n) is 30.2. The number of amides is 1. The number of nitrogens with one attached hydrogen (secondary N) is 3. The maximum atomic E-state index is 13.9. The predicted octanol–water partition coefficient (Wildman–Crippen LogP) is 10.9. The number of hydrogen-bond donors (Lipinski definition) is 5. The summed E-state index contributed by atoms with van der Waals surface area (Å²) in [6.07, 6.45) is 0.162. The maximum absolute atomic E-state index is 13.9. The molecule has 3 radical (unpaired) electrons. The van der Waals surface area contributed by atoms with Crippen LogP contribution in [0.2, 0.25) is 0 Å². The first kappa shape index (κ1) is 68.8. The maximum Gasteiger partial charge on any atom is 0.412 e. The molecule has 1 aromatic heterocycles. The Balaban J connectivity index is -0.000000108. The van der Waals surface area contributed by atoms with E-state index in [9.17, 15) is 60.3 Å². The van der Waals surface area contributed by atoms with Crippen LogP contribution in [0.25, 0.3) is 10.9 Å². The summed E-state index contributed by atoms with van der Waals surface area (Å²) in [6, 6.07) is 21.3. The molecule has 497 valence electrons. The molecular weight excluding hydrogens is 1190 g/mol. The van der Waals surface area contributed by atoms with Gasteiger partial charge in [-0.25, -0.2) is 55.5 Å². The predicted molar refractivity (Wildman–Crippen MR) is 335 cm³/mol. The summed E-state index contributed by atoms with van der Waals surface area (Å²) in [4.78, 5) is 90.6. The molecule has 24 nitrogen and oxygen atoms in total. The number of carboxylic acid groups (broad SMARTS) is 1. The fourth-order valence-electron chi connectivity index (χ4n) is 5.89. The van der Waals surface area contributed by atoms with Crippen LogP contribution in [-0.4, -0.2) is 137 Å². The van der Waals surface area contributed by atoms with Crippen LogP contribution in [0.3, 0.4) is 0 Å². The van der Waals surface area contributed by atoms with Crippen molar-refractivity contribution in [3.05, 3.63) is 153 Å². The minimum absolute atomic E-state index is 0. The van der Waals surface area contributed by atoms with Crippen molar-refractivity contribution in [2.24, 2.45) is 0 Å². The number of nitrogens with two attached hydrogens (primary N) is 1. The third-order valence-corrected chi connectivity index (χ3v) is 9.94. The fourth-order valence-corrected chi connectivity index (χ4v) is 5.89. The minimum atomic E-state index is -1.30. The first-order chi connectivity index (χ1) is 47.1.